The lowest BCUT2D eigenvalue weighted by molar-refractivity contribution is -0.110. The van der Waals surface area contributed by atoms with Crippen LogP contribution in [0.5, 0.6) is 0 Å². The first-order valence-electron chi connectivity index (χ1n) is 7.64. The zero-order valence-electron chi connectivity index (χ0n) is 13.3. The van der Waals surface area contributed by atoms with Crippen molar-refractivity contribution in [1.82, 2.24) is 16.0 Å². The summed E-state index contributed by atoms with van der Waals surface area (Å²) in [7, 11) is 0. The van der Waals surface area contributed by atoms with Crippen molar-refractivity contribution in [2.75, 3.05) is 35.3 Å². The zero-order chi connectivity index (χ0) is 17.5. The van der Waals surface area contributed by atoms with Crippen molar-refractivity contribution >= 4 is 29.7 Å². The van der Waals surface area contributed by atoms with E-state index in [0.29, 0.717) is 32.0 Å². The van der Waals surface area contributed by atoms with Crippen molar-refractivity contribution in [3.8, 4) is 0 Å². The molecular formula is C15H18N6O4. The Morgan fingerprint density at radius 3 is 2.80 bits per heavy atom. The first kappa shape index (κ1) is 16.6. The van der Waals surface area contributed by atoms with Gasteiger partial charge in [0, 0.05) is 17.4 Å². The van der Waals surface area contributed by atoms with E-state index in [1.165, 1.54) is 6.26 Å². The highest BCUT2D eigenvalue weighted by Crippen LogP contribution is 2.23. The van der Waals surface area contributed by atoms with Crippen molar-refractivity contribution in [3.63, 3.8) is 0 Å². The van der Waals surface area contributed by atoms with Crippen LogP contribution in [0.1, 0.15) is 0 Å². The summed E-state index contributed by atoms with van der Waals surface area (Å²) in [6, 6.07) is 9.02. The van der Waals surface area contributed by atoms with Crippen molar-refractivity contribution in [2.45, 2.75) is 6.10 Å². The number of amides is 2. The van der Waals surface area contributed by atoms with Crippen LogP contribution in [0.4, 0.5) is 22.0 Å². The van der Waals surface area contributed by atoms with Crippen molar-refractivity contribution in [2.24, 2.45) is 0 Å². The minimum absolute atomic E-state index is 0.277. The molecule has 0 bridgehead atoms. The van der Waals surface area contributed by atoms with Gasteiger partial charge in [-0.25, -0.2) is 10.2 Å². The second kappa shape index (κ2) is 8.02. The molecule has 1 aliphatic rings. The number of ether oxygens (including phenoxy) is 1. The lowest BCUT2D eigenvalue weighted by atomic mass is 10.2. The molecule has 1 atom stereocenters. The van der Waals surface area contributed by atoms with Gasteiger partial charge in [0.05, 0.1) is 19.8 Å². The molecule has 132 valence electrons. The second-order valence-corrected chi connectivity index (χ2v) is 5.22. The Morgan fingerprint density at radius 1 is 1.24 bits per heavy atom. The van der Waals surface area contributed by atoms with Gasteiger partial charge in [0.2, 0.25) is 6.41 Å². The third-order valence-corrected chi connectivity index (χ3v) is 3.54. The number of rotatable bonds is 9. The average molecular weight is 346 g/mol. The van der Waals surface area contributed by atoms with Crippen LogP contribution in [0.25, 0.3) is 0 Å². The van der Waals surface area contributed by atoms with E-state index in [9.17, 15) is 9.59 Å². The molecule has 1 aromatic carbocycles. The van der Waals surface area contributed by atoms with Crippen molar-refractivity contribution < 1.29 is 18.8 Å². The van der Waals surface area contributed by atoms with E-state index in [0.717, 1.165) is 11.4 Å². The Labute approximate surface area is 143 Å². The van der Waals surface area contributed by atoms with Gasteiger partial charge in [0.25, 0.3) is 0 Å². The number of benzene rings is 1. The first-order chi connectivity index (χ1) is 12.3. The average Bonchev–Trinajstić information content (AvgIpc) is 3.27. The third kappa shape index (κ3) is 4.38. The maximum Gasteiger partial charge on any atom is 0.414 e. The number of aromatic nitrogens is 1. The maximum atomic E-state index is 12.1. The Balaban J connectivity index is 1.51. The van der Waals surface area contributed by atoms with Crippen LogP contribution in [0.15, 0.2) is 41.1 Å². The van der Waals surface area contributed by atoms with Gasteiger partial charge in [-0.2, -0.15) is 0 Å². The first-order valence-corrected chi connectivity index (χ1v) is 7.64. The third-order valence-electron chi connectivity index (χ3n) is 3.54. The molecule has 0 saturated carbocycles. The number of nitrogens with zero attached hydrogens (tertiary/aromatic N) is 2. The number of cyclic esters (lactones) is 1. The molecule has 4 N–H and O–H groups in total. The quantitative estimate of drug-likeness (QED) is 0.227. The maximum absolute atomic E-state index is 12.1. The van der Waals surface area contributed by atoms with Crippen LogP contribution >= 0.6 is 0 Å². The SMILES string of the molecule is O=CNNCNc1ccc(N2C[C@H](CNc3ccon3)OC2=O)cc1. The number of anilines is 3. The van der Waals surface area contributed by atoms with Gasteiger partial charge in [-0.1, -0.05) is 5.16 Å². The molecule has 3 rings (SSSR count). The lowest BCUT2D eigenvalue weighted by Gasteiger charge is -2.14. The predicted octanol–water partition coefficient (Wildman–Crippen LogP) is 0.732. The second-order valence-electron chi connectivity index (χ2n) is 5.22. The van der Waals surface area contributed by atoms with E-state index in [1.807, 2.05) is 24.3 Å². The predicted molar refractivity (Wildman–Crippen MR) is 89.9 cm³/mol. The number of carbonyl (C=O) groups excluding carboxylic acids is 2. The minimum atomic E-state index is -0.385. The molecule has 0 unspecified atom stereocenters. The molecule has 25 heavy (non-hydrogen) atoms. The summed E-state index contributed by atoms with van der Waals surface area (Å²) in [6.07, 6.45) is 1.36. The highest BCUT2D eigenvalue weighted by Gasteiger charge is 2.32. The fraction of sp³-hybridized carbons (Fsp3) is 0.267. The molecule has 2 heterocycles. The van der Waals surface area contributed by atoms with Crippen molar-refractivity contribution in [1.29, 1.82) is 0 Å². The fourth-order valence-electron chi connectivity index (χ4n) is 2.36. The van der Waals surface area contributed by atoms with E-state index in [-0.39, 0.29) is 12.2 Å². The molecule has 0 radical (unpaired) electrons. The number of nitrogens with one attached hydrogen (secondary N) is 4. The Morgan fingerprint density at radius 2 is 2.08 bits per heavy atom. The molecule has 2 aromatic rings. The number of hydrazine groups is 1. The van der Waals surface area contributed by atoms with E-state index < -0.39 is 0 Å². The number of carbonyl (C=O) groups is 2. The summed E-state index contributed by atoms with van der Waals surface area (Å²) in [5.74, 6) is 0.600. The van der Waals surface area contributed by atoms with Gasteiger partial charge in [-0.15, -0.1) is 0 Å². The van der Waals surface area contributed by atoms with Crippen molar-refractivity contribution in [3.05, 3.63) is 36.6 Å². The van der Waals surface area contributed by atoms with Crippen LogP contribution in [0.3, 0.4) is 0 Å². The molecule has 1 aromatic heterocycles. The molecular weight excluding hydrogens is 328 g/mol. The van der Waals surface area contributed by atoms with Crippen LogP contribution < -0.4 is 26.4 Å². The van der Waals surface area contributed by atoms with Gasteiger partial charge in [0.1, 0.15) is 12.4 Å². The van der Waals surface area contributed by atoms with Gasteiger partial charge in [-0.3, -0.25) is 15.1 Å². The Kier molecular flexibility index (Phi) is 5.32. The topological polar surface area (TPSA) is 121 Å². The highest BCUT2D eigenvalue weighted by atomic mass is 16.6. The highest BCUT2D eigenvalue weighted by molar-refractivity contribution is 5.90. The molecule has 1 saturated heterocycles. The smallest absolute Gasteiger partial charge is 0.414 e. The zero-order valence-corrected chi connectivity index (χ0v) is 13.3. The van der Waals surface area contributed by atoms with E-state index in [4.69, 9.17) is 9.26 Å². The van der Waals surface area contributed by atoms with Crippen LogP contribution in [-0.4, -0.2) is 43.5 Å². The molecule has 0 aliphatic carbocycles. The summed E-state index contributed by atoms with van der Waals surface area (Å²) < 4.78 is 10.1. The van der Waals surface area contributed by atoms with Gasteiger partial charge in [0.15, 0.2) is 5.82 Å². The van der Waals surface area contributed by atoms with Crippen LogP contribution in [0, 0.1) is 0 Å². The normalized spacial score (nSPS) is 16.4. The number of hydrogen-bond acceptors (Lipinski definition) is 8. The number of hydrogen-bond donors (Lipinski definition) is 4. The summed E-state index contributed by atoms with van der Waals surface area (Å²) in [5.41, 5.74) is 6.58. The molecule has 1 aliphatic heterocycles. The van der Waals surface area contributed by atoms with E-state index >= 15 is 0 Å². The van der Waals surface area contributed by atoms with Gasteiger partial charge in [-0.05, 0) is 24.3 Å². The Hall–Kier alpha value is -3.27. The molecule has 1 fully saturated rings. The Bertz CT molecular complexity index is 691. The van der Waals surface area contributed by atoms with E-state index in [1.54, 1.807) is 11.0 Å². The standard InChI is InChI=1S/C15H18N6O4/c22-10-19-18-9-17-11-1-3-12(4-2-11)21-8-13(25-15(21)23)7-16-14-5-6-24-20-14/h1-6,10,13,17-18H,7-9H2,(H,16,20)(H,19,22)/t13-/m0/s1. The van der Waals surface area contributed by atoms with Gasteiger partial charge >= 0.3 is 6.09 Å². The summed E-state index contributed by atoms with van der Waals surface area (Å²) >= 11 is 0. The fourth-order valence-corrected chi connectivity index (χ4v) is 2.36. The largest absolute Gasteiger partial charge is 0.442 e. The monoisotopic (exact) mass is 346 g/mol. The molecule has 0 spiro atoms. The van der Waals surface area contributed by atoms with E-state index in [2.05, 4.69) is 26.6 Å². The van der Waals surface area contributed by atoms with Crippen LogP contribution in [0.2, 0.25) is 0 Å². The molecule has 2 amide bonds. The van der Waals surface area contributed by atoms with Gasteiger partial charge < -0.3 is 19.9 Å². The molecule has 10 nitrogen and oxygen atoms in total. The lowest BCUT2D eigenvalue weighted by Crippen LogP contribution is -2.34. The summed E-state index contributed by atoms with van der Waals surface area (Å²) in [4.78, 5) is 23.7. The summed E-state index contributed by atoms with van der Waals surface area (Å²) in [6.45, 7) is 1.27. The minimum Gasteiger partial charge on any atom is -0.442 e. The summed E-state index contributed by atoms with van der Waals surface area (Å²) in [5, 5.41) is 9.85. The molecule has 10 heteroatoms. The van der Waals surface area contributed by atoms with Crippen LogP contribution in [-0.2, 0) is 9.53 Å².